The average Bonchev–Trinajstić information content (AvgIpc) is 3.40. The van der Waals surface area contributed by atoms with Gasteiger partial charge in [-0.25, -0.2) is 4.39 Å². The molecular formula is C27H20FNO5. The minimum Gasteiger partial charge on any atom is -0.503 e. The first-order chi connectivity index (χ1) is 16.5. The maximum absolute atomic E-state index is 13.6. The number of ketones is 1. The third kappa shape index (κ3) is 3.61. The van der Waals surface area contributed by atoms with Crippen molar-refractivity contribution in [2.45, 2.75) is 12.6 Å². The largest absolute Gasteiger partial charge is 0.503 e. The number of para-hydroxylation sites is 1. The molecule has 0 saturated carbocycles. The molecule has 5 rings (SSSR count). The van der Waals surface area contributed by atoms with Crippen molar-refractivity contribution >= 4 is 22.7 Å². The Morgan fingerprint density at radius 1 is 1.06 bits per heavy atom. The molecule has 1 aliphatic heterocycles. The summed E-state index contributed by atoms with van der Waals surface area (Å²) in [4.78, 5) is 28.1. The number of aliphatic hydroxyl groups excluding tert-OH is 1. The highest BCUT2D eigenvalue weighted by molar-refractivity contribution is 6.16. The number of Topliss-reactive ketones (excluding diaryl/α,β-unsaturated/α-hetero) is 1. The number of rotatable bonds is 6. The summed E-state index contributed by atoms with van der Waals surface area (Å²) in [5.41, 5.74) is 1.58. The summed E-state index contributed by atoms with van der Waals surface area (Å²) in [6.07, 6.45) is 0. The monoisotopic (exact) mass is 457 g/mol. The van der Waals surface area contributed by atoms with Gasteiger partial charge < -0.3 is 19.2 Å². The average molecular weight is 457 g/mol. The molecule has 0 fully saturated rings. The Morgan fingerprint density at radius 2 is 1.79 bits per heavy atom. The van der Waals surface area contributed by atoms with E-state index in [1.807, 2.05) is 30.3 Å². The lowest BCUT2D eigenvalue weighted by Crippen LogP contribution is -2.30. The van der Waals surface area contributed by atoms with Crippen molar-refractivity contribution in [1.29, 1.82) is 0 Å². The minimum absolute atomic E-state index is 0.0393. The molecule has 0 spiro atoms. The molecule has 170 valence electrons. The normalized spacial score (nSPS) is 15.9. The summed E-state index contributed by atoms with van der Waals surface area (Å²) in [6, 6.07) is 20.6. The molecule has 0 aliphatic carbocycles. The van der Waals surface area contributed by atoms with Crippen LogP contribution in [0.1, 0.15) is 27.7 Å². The number of methoxy groups -OCH3 is 1. The highest BCUT2D eigenvalue weighted by atomic mass is 19.1. The van der Waals surface area contributed by atoms with Crippen LogP contribution < -0.4 is 4.74 Å². The predicted molar refractivity (Wildman–Crippen MR) is 123 cm³/mol. The Labute approximate surface area is 194 Å². The van der Waals surface area contributed by atoms with Crippen LogP contribution in [0.5, 0.6) is 5.75 Å². The molecule has 6 nitrogen and oxygen atoms in total. The summed E-state index contributed by atoms with van der Waals surface area (Å²) < 4.78 is 24.7. The molecule has 1 aliphatic rings. The van der Waals surface area contributed by atoms with Gasteiger partial charge in [0.2, 0.25) is 5.78 Å². The maximum atomic E-state index is 13.6. The molecule has 4 aromatic rings. The number of ether oxygens (including phenoxy) is 1. The van der Waals surface area contributed by atoms with Crippen molar-refractivity contribution in [3.8, 4) is 5.75 Å². The number of nitrogens with zero attached hydrogens (tertiary/aromatic N) is 1. The van der Waals surface area contributed by atoms with Gasteiger partial charge in [-0.2, -0.15) is 0 Å². The Balaban J connectivity index is 1.60. The number of carbonyl (C=O) groups is 2. The highest BCUT2D eigenvalue weighted by Gasteiger charge is 2.44. The molecule has 0 bridgehead atoms. The Kier molecular flexibility index (Phi) is 5.37. The quantitative estimate of drug-likeness (QED) is 0.395. The van der Waals surface area contributed by atoms with E-state index in [0.29, 0.717) is 22.3 Å². The maximum Gasteiger partial charge on any atom is 0.290 e. The van der Waals surface area contributed by atoms with Gasteiger partial charge in [-0.3, -0.25) is 9.59 Å². The van der Waals surface area contributed by atoms with Crippen LogP contribution in [0.2, 0.25) is 0 Å². The van der Waals surface area contributed by atoms with Crippen molar-refractivity contribution in [3.63, 3.8) is 0 Å². The lowest BCUT2D eigenvalue weighted by atomic mass is 9.94. The molecule has 0 saturated heterocycles. The van der Waals surface area contributed by atoms with E-state index in [4.69, 9.17) is 9.15 Å². The third-order valence-corrected chi connectivity index (χ3v) is 5.88. The van der Waals surface area contributed by atoms with Gasteiger partial charge in [0.05, 0.1) is 18.7 Å². The minimum atomic E-state index is -0.920. The van der Waals surface area contributed by atoms with Gasteiger partial charge in [-0.15, -0.1) is 0 Å². The van der Waals surface area contributed by atoms with E-state index in [2.05, 4.69) is 0 Å². The molecule has 3 aromatic carbocycles. The van der Waals surface area contributed by atoms with Crippen molar-refractivity contribution < 1.29 is 28.2 Å². The summed E-state index contributed by atoms with van der Waals surface area (Å²) in [5, 5.41) is 11.5. The highest BCUT2D eigenvalue weighted by Crippen LogP contribution is 2.41. The van der Waals surface area contributed by atoms with Crippen LogP contribution in [-0.4, -0.2) is 28.8 Å². The molecule has 0 radical (unpaired) electrons. The van der Waals surface area contributed by atoms with E-state index in [1.54, 1.807) is 24.3 Å². The standard InChI is InChI=1S/C27H20FNO5/c1-33-20-9-5-8-18-14-21(34-26(18)20)24(30)22-23(17-10-12-19(28)13-11-17)29(27(32)25(22)31)15-16-6-3-2-4-7-16/h2-14,23,31H,15H2,1H3. The molecule has 34 heavy (non-hydrogen) atoms. The van der Waals surface area contributed by atoms with Crippen LogP contribution in [0.25, 0.3) is 11.0 Å². The zero-order valence-corrected chi connectivity index (χ0v) is 18.2. The van der Waals surface area contributed by atoms with Crippen LogP contribution in [0, 0.1) is 5.82 Å². The second-order valence-corrected chi connectivity index (χ2v) is 7.95. The third-order valence-electron chi connectivity index (χ3n) is 5.88. The molecule has 1 aromatic heterocycles. The van der Waals surface area contributed by atoms with E-state index in [1.165, 1.54) is 36.3 Å². The van der Waals surface area contributed by atoms with Crippen molar-refractivity contribution in [3.05, 3.63) is 113 Å². The van der Waals surface area contributed by atoms with Gasteiger partial charge in [0.25, 0.3) is 5.91 Å². The first-order valence-electron chi connectivity index (χ1n) is 10.6. The molecule has 1 N–H and O–H groups in total. The number of aliphatic hydroxyl groups is 1. The van der Waals surface area contributed by atoms with Crippen LogP contribution in [0.4, 0.5) is 4.39 Å². The van der Waals surface area contributed by atoms with Gasteiger partial charge in [-0.05, 0) is 35.4 Å². The molecule has 7 heteroatoms. The number of halogens is 1. The number of carbonyl (C=O) groups excluding carboxylic acids is 2. The van der Waals surface area contributed by atoms with Crippen LogP contribution in [0.15, 0.2) is 94.6 Å². The Bertz CT molecular complexity index is 1420. The van der Waals surface area contributed by atoms with Crippen molar-refractivity contribution in [2.24, 2.45) is 0 Å². The number of hydrogen-bond acceptors (Lipinski definition) is 5. The van der Waals surface area contributed by atoms with Gasteiger partial charge >= 0.3 is 0 Å². The lowest BCUT2D eigenvalue weighted by Gasteiger charge is -2.26. The fourth-order valence-electron chi connectivity index (χ4n) is 4.26. The number of benzene rings is 3. The van der Waals surface area contributed by atoms with Gasteiger partial charge in [0.15, 0.2) is 22.9 Å². The fraction of sp³-hybridized carbons (Fsp3) is 0.111. The zero-order chi connectivity index (χ0) is 23.8. The SMILES string of the molecule is COc1cccc2cc(C(=O)C3=C(O)C(=O)N(Cc4ccccc4)C3c3ccc(F)cc3)oc12. The lowest BCUT2D eigenvalue weighted by molar-refractivity contribution is -0.130. The smallest absolute Gasteiger partial charge is 0.290 e. The van der Waals surface area contributed by atoms with Crippen molar-refractivity contribution in [1.82, 2.24) is 4.90 Å². The molecular weight excluding hydrogens is 437 g/mol. The van der Waals surface area contributed by atoms with E-state index >= 15 is 0 Å². The Morgan fingerprint density at radius 3 is 2.50 bits per heavy atom. The molecule has 2 heterocycles. The fourth-order valence-corrected chi connectivity index (χ4v) is 4.26. The summed E-state index contributed by atoms with van der Waals surface area (Å²) >= 11 is 0. The van der Waals surface area contributed by atoms with E-state index in [9.17, 15) is 19.1 Å². The Hall–Kier alpha value is -4.39. The second-order valence-electron chi connectivity index (χ2n) is 7.95. The van der Waals surface area contributed by atoms with Crippen LogP contribution >= 0.6 is 0 Å². The first kappa shape index (κ1) is 21.5. The summed E-state index contributed by atoms with van der Waals surface area (Å²) in [5.74, 6) is -2.00. The summed E-state index contributed by atoms with van der Waals surface area (Å²) in [7, 11) is 1.49. The molecule has 1 atom stereocenters. The predicted octanol–water partition coefficient (Wildman–Crippen LogP) is 5.36. The number of amides is 1. The summed E-state index contributed by atoms with van der Waals surface area (Å²) in [6.45, 7) is 0.149. The van der Waals surface area contributed by atoms with Crippen molar-refractivity contribution in [2.75, 3.05) is 7.11 Å². The van der Waals surface area contributed by atoms with Gasteiger partial charge in [0, 0.05) is 11.9 Å². The van der Waals surface area contributed by atoms with Crippen LogP contribution in [-0.2, 0) is 11.3 Å². The number of furan rings is 1. The topological polar surface area (TPSA) is 80.0 Å². The van der Waals surface area contributed by atoms with E-state index < -0.39 is 29.3 Å². The zero-order valence-electron chi connectivity index (χ0n) is 18.2. The van der Waals surface area contributed by atoms with Gasteiger partial charge in [-0.1, -0.05) is 54.6 Å². The molecule has 1 amide bonds. The number of hydrogen-bond donors (Lipinski definition) is 1. The van der Waals surface area contributed by atoms with E-state index in [-0.39, 0.29) is 17.9 Å². The van der Waals surface area contributed by atoms with E-state index in [0.717, 1.165) is 5.56 Å². The number of fused-ring (bicyclic) bond motifs is 1. The van der Waals surface area contributed by atoms with Crippen LogP contribution in [0.3, 0.4) is 0 Å². The van der Waals surface area contributed by atoms with Gasteiger partial charge in [0.1, 0.15) is 5.82 Å². The first-order valence-corrected chi connectivity index (χ1v) is 10.6. The molecule has 1 unspecified atom stereocenters. The second kappa shape index (κ2) is 8.51.